The maximum atomic E-state index is 5.54. The average Bonchev–Trinajstić information content (AvgIpc) is 3.02. The van der Waals surface area contributed by atoms with Gasteiger partial charge >= 0.3 is 0 Å². The van der Waals surface area contributed by atoms with Gasteiger partial charge in [0.15, 0.2) is 5.11 Å². The summed E-state index contributed by atoms with van der Waals surface area (Å²) >= 11 is 5.54. The lowest BCUT2D eigenvalue weighted by Gasteiger charge is -2.12. The number of hydrogen-bond donors (Lipinski definition) is 2. The van der Waals surface area contributed by atoms with Crippen LogP contribution in [-0.4, -0.2) is 14.9 Å². The number of benzene rings is 3. The van der Waals surface area contributed by atoms with E-state index in [1.54, 1.807) is 0 Å². The maximum absolute atomic E-state index is 5.54. The minimum Gasteiger partial charge on any atom is -0.332 e. The molecule has 0 aliphatic carbocycles. The van der Waals surface area contributed by atoms with Crippen LogP contribution in [0.5, 0.6) is 0 Å². The third-order valence-electron chi connectivity index (χ3n) is 5.44. The van der Waals surface area contributed by atoms with E-state index in [1.807, 2.05) is 11.6 Å². The number of thiocarbonyl (C=S) groups is 1. The van der Waals surface area contributed by atoms with Gasteiger partial charge in [0, 0.05) is 5.69 Å². The van der Waals surface area contributed by atoms with Gasteiger partial charge in [-0.3, -0.25) is 4.68 Å². The third kappa shape index (κ3) is 4.21. The molecule has 3 aromatic carbocycles. The van der Waals surface area contributed by atoms with Crippen LogP contribution in [0.15, 0.2) is 66.7 Å². The SMILES string of the molecule is CCc1ccc(NC(=S)Nc2c(C)nn(Cc3cccc4ccccc34)c2C)cc1. The molecule has 0 saturated carbocycles. The molecule has 0 unspecified atom stereocenters. The fourth-order valence-electron chi connectivity index (χ4n) is 3.72. The Bertz CT molecular complexity index is 1190. The van der Waals surface area contributed by atoms with Crippen molar-refractivity contribution >= 4 is 39.5 Å². The minimum atomic E-state index is 0.565. The number of hydrogen-bond acceptors (Lipinski definition) is 2. The standard InChI is InChI=1S/C25H26N4S/c1-4-19-12-14-22(15-13-19)26-25(30)27-24-17(2)28-29(18(24)3)16-21-10-7-9-20-8-5-6-11-23(20)21/h5-15H,4,16H2,1-3H3,(H2,26,27,30). The van der Waals surface area contributed by atoms with Gasteiger partial charge in [-0.25, -0.2) is 0 Å². The molecule has 0 aliphatic heterocycles. The highest BCUT2D eigenvalue weighted by atomic mass is 32.1. The van der Waals surface area contributed by atoms with Crippen LogP contribution in [0.2, 0.25) is 0 Å². The summed E-state index contributed by atoms with van der Waals surface area (Å²) in [5.74, 6) is 0. The molecule has 4 aromatic rings. The second-order valence-corrected chi connectivity index (χ2v) is 7.88. The Balaban J connectivity index is 1.52. The molecule has 0 bridgehead atoms. The van der Waals surface area contributed by atoms with E-state index >= 15 is 0 Å². The van der Waals surface area contributed by atoms with Crippen molar-refractivity contribution in [3.8, 4) is 0 Å². The van der Waals surface area contributed by atoms with Crippen molar-refractivity contribution in [1.82, 2.24) is 9.78 Å². The Kier molecular flexibility index (Phi) is 5.81. The summed E-state index contributed by atoms with van der Waals surface area (Å²) in [6.45, 7) is 6.95. The van der Waals surface area contributed by atoms with Crippen LogP contribution < -0.4 is 10.6 Å². The second kappa shape index (κ2) is 8.67. The van der Waals surface area contributed by atoms with Crippen molar-refractivity contribution in [3.05, 3.63) is 89.2 Å². The van der Waals surface area contributed by atoms with Gasteiger partial charge in [0.05, 0.1) is 23.6 Å². The van der Waals surface area contributed by atoms with Gasteiger partial charge in [0.2, 0.25) is 0 Å². The zero-order valence-corrected chi connectivity index (χ0v) is 18.4. The van der Waals surface area contributed by atoms with Gasteiger partial charge in [-0.1, -0.05) is 61.5 Å². The summed E-state index contributed by atoms with van der Waals surface area (Å²) < 4.78 is 2.04. The first-order valence-electron chi connectivity index (χ1n) is 10.2. The van der Waals surface area contributed by atoms with E-state index in [2.05, 4.69) is 91.2 Å². The highest BCUT2D eigenvalue weighted by Crippen LogP contribution is 2.24. The number of nitrogens with zero attached hydrogens (tertiary/aromatic N) is 2. The van der Waals surface area contributed by atoms with Crippen molar-refractivity contribution in [1.29, 1.82) is 0 Å². The molecule has 152 valence electrons. The summed E-state index contributed by atoms with van der Waals surface area (Å²) in [6, 6.07) is 23.2. The Hall–Kier alpha value is -3.18. The second-order valence-electron chi connectivity index (χ2n) is 7.47. The summed E-state index contributed by atoms with van der Waals surface area (Å²) in [7, 11) is 0. The molecule has 4 rings (SSSR count). The predicted molar refractivity (Wildman–Crippen MR) is 130 cm³/mol. The molecule has 2 N–H and O–H groups in total. The van der Waals surface area contributed by atoms with Crippen LogP contribution in [0.3, 0.4) is 0 Å². The highest BCUT2D eigenvalue weighted by molar-refractivity contribution is 7.80. The lowest BCUT2D eigenvalue weighted by molar-refractivity contribution is 0.662. The van der Waals surface area contributed by atoms with E-state index in [0.717, 1.165) is 29.2 Å². The number of rotatable bonds is 5. The zero-order chi connectivity index (χ0) is 21.1. The summed E-state index contributed by atoms with van der Waals surface area (Å²) in [5, 5.41) is 14.4. The first kappa shape index (κ1) is 20.1. The monoisotopic (exact) mass is 414 g/mol. The first-order valence-corrected chi connectivity index (χ1v) is 10.6. The van der Waals surface area contributed by atoms with Crippen LogP contribution in [0.4, 0.5) is 11.4 Å². The van der Waals surface area contributed by atoms with Crippen molar-refractivity contribution in [3.63, 3.8) is 0 Å². The molecule has 0 radical (unpaired) electrons. The molecule has 0 spiro atoms. The van der Waals surface area contributed by atoms with Crippen LogP contribution in [0, 0.1) is 13.8 Å². The molecule has 1 aromatic heterocycles. The van der Waals surface area contributed by atoms with Crippen LogP contribution in [0.25, 0.3) is 10.8 Å². The molecule has 5 heteroatoms. The maximum Gasteiger partial charge on any atom is 0.175 e. The van der Waals surface area contributed by atoms with Gasteiger partial charge < -0.3 is 10.6 Å². The van der Waals surface area contributed by atoms with Gasteiger partial charge in [-0.2, -0.15) is 5.10 Å². The largest absolute Gasteiger partial charge is 0.332 e. The van der Waals surface area contributed by atoms with Gasteiger partial charge in [-0.15, -0.1) is 0 Å². The van der Waals surface area contributed by atoms with E-state index in [1.165, 1.54) is 21.9 Å². The Labute approximate surface area is 182 Å². The molecular formula is C25H26N4S. The number of nitrogens with one attached hydrogen (secondary N) is 2. The van der Waals surface area contributed by atoms with Crippen LogP contribution in [-0.2, 0) is 13.0 Å². The minimum absolute atomic E-state index is 0.565. The fraction of sp³-hybridized carbons (Fsp3) is 0.200. The third-order valence-corrected chi connectivity index (χ3v) is 5.64. The fourth-order valence-corrected chi connectivity index (χ4v) is 3.94. The summed E-state index contributed by atoms with van der Waals surface area (Å²) in [5.41, 5.74) is 6.48. The molecule has 0 saturated heterocycles. The van der Waals surface area contributed by atoms with Crippen molar-refractivity contribution in [2.45, 2.75) is 33.7 Å². The van der Waals surface area contributed by atoms with Crippen molar-refractivity contribution < 1.29 is 0 Å². The van der Waals surface area contributed by atoms with Crippen molar-refractivity contribution in [2.24, 2.45) is 0 Å². The van der Waals surface area contributed by atoms with E-state index < -0.39 is 0 Å². The normalized spacial score (nSPS) is 10.9. The molecular weight excluding hydrogens is 388 g/mol. The van der Waals surface area contributed by atoms with Gasteiger partial charge in [-0.05, 0) is 66.5 Å². The topological polar surface area (TPSA) is 41.9 Å². The number of anilines is 2. The molecule has 0 atom stereocenters. The van der Waals surface area contributed by atoms with E-state index in [4.69, 9.17) is 17.3 Å². The summed E-state index contributed by atoms with van der Waals surface area (Å²) in [6.07, 6.45) is 1.03. The Morgan fingerprint density at radius 3 is 2.43 bits per heavy atom. The van der Waals surface area contributed by atoms with Crippen molar-refractivity contribution in [2.75, 3.05) is 10.6 Å². The first-order chi connectivity index (χ1) is 14.5. The van der Waals surface area contributed by atoms with Gasteiger partial charge in [0.25, 0.3) is 0 Å². The van der Waals surface area contributed by atoms with E-state index in [0.29, 0.717) is 11.7 Å². The Morgan fingerprint density at radius 1 is 0.933 bits per heavy atom. The highest BCUT2D eigenvalue weighted by Gasteiger charge is 2.14. The van der Waals surface area contributed by atoms with E-state index in [9.17, 15) is 0 Å². The lowest BCUT2D eigenvalue weighted by atomic mass is 10.0. The molecule has 0 fully saturated rings. The lowest BCUT2D eigenvalue weighted by Crippen LogP contribution is -2.20. The van der Waals surface area contributed by atoms with Gasteiger partial charge in [0.1, 0.15) is 0 Å². The molecule has 4 nitrogen and oxygen atoms in total. The average molecular weight is 415 g/mol. The number of fused-ring (bicyclic) bond motifs is 1. The zero-order valence-electron chi connectivity index (χ0n) is 17.6. The van der Waals surface area contributed by atoms with Crippen LogP contribution >= 0.6 is 12.2 Å². The Morgan fingerprint density at radius 2 is 1.67 bits per heavy atom. The van der Waals surface area contributed by atoms with E-state index in [-0.39, 0.29) is 0 Å². The molecule has 1 heterocycles. The number of aryl methyl sites for hydroxylation is 2. The smallest absolute Gasteiger partial charge is 0.175 e. The quantitative estimate of drug-likeness (QED) is 0.389. The number of aromatic nitrogens is 2. The molecule has 0 aliphatic rings. The molecule has 0 amide bonds. The summed E-state index contributed by atoms with van der Waals surface area (Å²) in [4.78, 5) is 0. The van der Waals surface area contributed by atoms with Crippen LogP contribution in [0.1, 0.15) is 29.4 Å². The molecule has 30 heavy (non-hydrogen) atoms. The predicted octanol–water partition coefficient (Wildman–Crippen LogP) is 6.07.